The average Bonchev–Trinajstić information content (AvgIpc) is 2.67. The molecule has 0 amide bonds. The molecule has 0 aromatic carbocycles. The molecular weight excluding hydrogens is 312 g/mol. The van der Waals surface area contributed by atoms with Crippen LogP contribution in [-0.4, -0.2) is 5.87 Å². The molecule has 2 aliphatic rings. The second-order valence-electron chi connectivity index (χ2n) is 2.96. The first-order valence-corrected chi connectivity index (χ1v) is 7.93. The number of hydrogen-bond acceptors (Lipinski definition) is 4. The zero-order valence-corrected chi connectivity index (χ0v) is 11.5. The first-order valence-electron chi connectivity index (χ1n) is 4.09. The molecular formula is C9H5BrN2S3. The van der Waals surface area contributed by atoms with E-state index in [0.717, 1.165) is 9.47 Å². The molecule has 1 aromatic heterocycles. The second kappa shape index (κ2) is 3.69. The predicted octanol–water partition coefficient (Wildman–Crippen LogP) is 5.15. The minimum absolute atomic E-state index is 0.0507. The number of thiophene rings is 1. The van der Waals surface area contributed by atoms with Crippen LogP contribution in [0.5, 0.6) is 0 Å². The number of nitrogens with zero attached hydrogens (tertiary/aromatic N) is 2. The molecule has 0 aliphatic carbocycles. The van der Waals surface area contributed by atoms with Crippen LogP contribution in [0.4, 0.5) is 5.69 Å². The zero-order chi connectivity index (χ0) is 10.4. The van der Waals surface area contributed by atoms with Gasteiger partial charge in [-0.2, -0.15) is 0 Å². The van der Waals surface area contributed by atoms with Crippen LogP contribution >= 0.6 is 49.7 Å². The average molecular weight is 317 g/mol. The minimum atomic E-state index is -0.0507. The van der Waals surface area contributed by atoms with Crippen molar-refractivity contribution in [1.82, 2.24) is 0 Å². The standard InChI is InChI=1S/C9H5BrN2S3/c1-15-3-2-6-9(15)8-5(11-12-14-6)4-7(10)13-8/h2-4H,1H2. The van der Waals surface area contributed by atoms with Gasteiger partial charge in [0.25, 0.3) is 0 Å². The molecule has 1 aromatic rings. The highest BCUT2D eigenvalue weighted by molar-refractivity contribution is 9.11. The van der Waals surface area contributed by atoms with Gasteiger partial charge in [-0.15, -0.1) is 31.5 Å². The smallest absolute Gasteiger partial charge is 0.107 e. The maximum Gasteiger partial charge on any atom is 0.107 e. The fourth-order valence-corrected chi connectivity index (χ4v) is 5.56. The summed E-state index contributed by atoms with van der Waals surface area (Å²) in [4.78, 5) is 3.68. The maximum absolute atomic E-state index is 4.19. The third-order valence-corrected chi connectivity index (χ3v) is 6.06. The van der Waals surface area contributed by atoms with Gasteiger partial charge in [-0.05, 0) is 33.5 Å². The molecule has 0 saturated carbocycles. The first-order chi connectivity index (χ1) is 7.25. The molecule has 0 spiro atoms. The lowest BCUT2D eigenvalue weighted by Gasteiger charge is -2.02. The Hall–Kier alpha value is -0.170. The summed E-state index contributed by atoms with van der Waals surface area (Å²) in [5.41, 5.74) is 0.953. The summed E-state index contributed by atoms with van der Waals surface area (Å²) in [6.45, 7) is 0. The fourth-order valence-electron chi connectivity index (χ4n) is 1.42. The van der Waals surface area contributed by atoms with Gasteiger partial charge in [-0.1, -0.05) is 5.87 Å². The van der Waals surface area contributed by atoms with Gasteiger partial charge in [0.15, 0.2) is 0 Å². The third kappa shape index (κ3) is 1.60. The Labute approximate surface area is 106 Å². The summed E-state index contributed by atoms with van der Waals surface area (Å²) in [6, 6.07) is 2.01. The molecule has 0 fully saturated rings. The van der Waals surface area contributed by atoms with E-state index in [-0.39, 0.29) is 10.5 Å². The van der Waals surface area contributed by atoms with Crippen LogP contribution in [0, 0.1) is 0 Å². The Bertz CT molecular complexity index is 554. The lowest BCUT2D eigenvalue weighted by atomic mass is 10.3. The molecule has 6 heteroatoms. The molecule has 0 saturated heterocycles. The van der Waals surface area contributed by atoms with Crippen molar-refractivity contribution in [2.24, 2.45) is 9.63 Å². The van der Waals surface area contributed by atoms with E-state index in [1.165, 1.54) is 26.6 Å². The van der Waals surface area contributed by atoms with Crippen LogP contribution in [0.25, 0.3) is 4.91 Å². The van der Waals surface area contributed by atoms with Crippen molar-refractivity contribution < 1.29 is 0 Å². The Morgan fingerprint density at radius 1 is 1.47 bits per heavy atom. The van der Waals surface area contributed by atoms with Crippen LogP contribution in [0.2, 0.25) is 0 Å². The Kier molecular flexibility index (Phi) is 2.47. The van der Waals surface area contributed by atoms with Crippen molar-refractivity contribution in [3.63, 3.8) is 0 Å². The lowest BCUT2D eigenvalue weighted by molar-refractivity contribution is 1.36. The summed E-state index contributed by atoms with van der Waals surface area (Å²) in [6.07, 6.45) is 2.10. The van der Waals surface area contributed by atoms with Crippen LogP contribution in [0.15, 0.2) is 35.9 Å². The van der Waals surface area contributed by atoms with E-state index in [9.17, 15) is 0 Å². The summed E-state index contributed by atoms with van der Waals surface area (Å²) in [5.74, 6) is 4.15. The molecule has 3 rings (SSSR count). The van der Waals surface area contributed by atoms with Gasteiger partial charge in [-0.3, -0.25) is 0 Å². The number of halogens is 1. The largest absolute Gasteiger partial charge is 0.142 e. The summed E-state index contributed by atoms with van der Waals surface area (Å²) < 4.78 is 5.19. The van der Waals surface area contributed by atoms with Crippen molar-refractivity contribution in [1.29, 1.82) is 0 Å². The molecule has 2 nitrogen and oxygen atoms in total. The Balaban J connectivity index is 2.28. The number of fused-ring (bicyclic) bond motifs is 2. The topological polar surface area (TPSA) is 24.7 Å². The van der Waals surface area contributed by atoms with Crippen LogP contribution in [-0.2, 0) is 0 Å². The van der Waals surface area contributed by atoms with Gasteiger partial charge in [-0.25, -0.2) is 0 Å². The highest BCUT2D eigenvalue weighted by atomic mass is 79.9. The van der Waals surface area contributed by atoms with E-state index in [0.29, 0.717) is 0 Å². The van der Waals surface area contributed by atoms with E-state index in [2.05, 4.69) is 42.9 Å². The Morgan fingerprint density at radius 3 is 3.20 bits per heavy atom. The Morgan fingerprint density at radius 2 is 2.33 bits per heavy atom. The molecule has 0 bridgehead atoms. The predicted molar refractivity (Wildman–Crippen MR) is 74.9 cm³/mol. The summed E-state index contributed by atoms with van der Waals surface area (Å²) in [5, 5.41) is 6.33. The van der Waals surface area contributed by atoms with Crippen molar-refractivity contribution >= 4 is 66.2 Å². The molecule has 15 heavy (non-hydrogen) atoms. The third-order valence-electron chi connectivity index (χ3n) is 2.05. The normalized spacial score (nSPS) is 22.9. The molecule has 1 atom stereocenters. The van der Waals surface area contributed by atoms with E-state index in [1.807, 2.05) is 6.07 Å². The van der Waals surface area contributed by atoms with Crippen molar-refractivity contribution in [2.45, 2.75) is 0 Å². The maximum atomic E-state index is 4.19. The number of allylic oxidation sites excluding steroid dienone is 1. The van der Waals surface area contributed by atoms with Gasteiger partial charge in [0.1, 0.15) is 5.69 Å². The molecule has 2 aliphatic heterocycles. The van der Waals surface area contributed by atoms with E-state index < -0.39 is 0 Å². The monoisotopic (exact) mass is 316 g/mol. The van der Waals surface area contributed by atoms with Gasteiger partial charge >= 0.3 is 0 Å². The van der Waals surface area contributed by atoms with Crippen LogP contribution in [0.3, 0.4) is 0 Å². The van der Waals surface area contributed by atoms with Gasteiger partial charge in [0.2, 0.25) is 0 Å². The van der Waals surface area contributed by atoms with Crippen molar-refractivity contribution in [2.75, 3.05) is 0 Å². The molecule has 0 radical (unpaired) electrons. The first kappa shape index (κ1) is 10.0. The SMILES string of the molecule is C=S1C=CC2=C1c1sc(Br)cc1N=NS2. The quantitative estimate of drug-likeness (QED) is 0.479. The van der Waals surface area contributed by atoms with E-state index in [1.54, 1.807) is 11.3 Å². The summed E-state index contributed by atoms with van der Waals surface area (Å²) in [7, 11) is -0.0507. The van der Waals surface area contributed by atoms with Gasteiger partial charge in [0, 0.05) is 21.8 Å². The molecule has 3 heterocycles. The van der Waals surface area contributed by atoms with Crippen LogP contribution in [0.1, 0.15) is 4.88 Å². The summed E-state index contributed by atoms with van der Waals surface area (Å²) >= 11 is 6.62. The highest BCUT2D eigenvalue weighted by Gasteiger charge is 2.22. The number of hydrogen-bond donors (Lipinski definition) is 0. The second-order valence-corrected chi connectivity index (χ2v) is 7.72. The van der Waals surface area contributed by atoms with E-state index >= 15 is 0 Å². The minimum Gasteiger partial charge on any atom is -0.142 e. The fraction of sp³-hybridized carbons (Fsp3) is 0. The van der Waals surface area contributed by atoms with Gasteiger partial charge in [0.05, 0.1) is 8.66 Å². The van der Waals surface area contributed by atoms with Crippen molar-refractivity contribution in [3.05, 3.63) is 31.1 Å². The van der Waals surface area contributed by atoms with Gasteiger partial charge < -0.3 is 0 Å². The molecule has 1 unspecified atom stereocenters. The molecule has 0 N–H and O–H groups in total. The van der Waals surface area contributed by atoms with Crippen molar-refractivity contribution in [3.8, 4) is 0 Å². The van der Waals surface area contributed by atoms with Crippen LogP contribution < -0.4 is 0 Å². The molecule has 76 valence electrons. The zero-order valence-electron chi connectivity index (χ0n) is 7.44. The van der Waals surface area contributed by atoms with E-state index in [4.69, 9.17) is 0 Å². The number of rotatable bonds is 0. The lowest BCUT2D eigenvalue weighted by Crippen LogP contribution is -1.73. The highest BCUT2D eigenvalue weighted by Crippen LogP contribution is 2.54.